The molecule has 1 aromatic heterocycles. The smallest absolute Gasteiger partial charge is 0.184 e. The van der Waals surface area contributed by atoms with Crippen LogP contribution < -0.4 is 11.2 Å². The summed E-state index contributed by atoms with van der Waals surface area (Å²) in [4.78, 5) is 3.96. The number of thiocarbonyl (C=S) groups is 1. The third-order valence-electron chi connectivity index (χ3n) is 1.26. The summed E-state index contributed by atoms with van der Waals surface area (Å²) < 4.78 is 1.67. The van der Waals surface area contributed by atoms with E-state index in [-0.39, 0.29) is 5.11 Å². The van der Waals surface area contributed by atoms with Gasteiger partial charge in [0.1, 0.15) is 0 Å². The van der Waals surface area contributed by atoms with E-state index in [2.05, 4.69) is 59.6 Å². The Hall–Kier alpha value is -0.530. The Bertz CT molecular complexity index is 360. The summed E-state index contributed by atoms with van der Waals surface area (Å²) in [5.74, 6) is 0. The highest BCUT2D eigenvalue weighted by atomic mass is 79.9. The number of hydrogen-bond acceptors (Lipinski definition) is 3. The molecular weight excluding hydrogens is 332 g/mol. The van der Waals surface area contributed by atoms with Crippen molar-refractivity contribution >= 4 is 55.4 Å². The number of hydrogen-bond donors (Lipinski definition) is 2. The van der Waals surface area contributed by atoms with Crippen LogP contribution in [-0.4, -0.2) is 16.3 Å². The maximum absolute atomic E-state index is 5.20. The number of pyridine rings is 1. The van der Waals surface area contributed by atoms with E-state index in [9.17, 15) is 0 Å². The van der Waals surface area contributed by atoms with Gasteiger partial charge in [0, 0.05) is 26.9 Å². The van der Waals surface area contributed by atoms with Gasteiger partial charge in [0.2, 0.25) is 0 Å². The van der Waals surface area contributed by atoms with E-state index in [1.807, 2.05) is 0 Å². The molecule has 74 valence electrons. The summed E-state index contributed by atoms with van der Waals surface area (Å²) in [5.41, 5.74) is 8.53. The standard InChI is InChI=1S/C7H6Br2N4S/c8-5-2-11-3-6(9)4(5)1-12-13-7(10)14/h1-3H,(H3,10,13,14)/b12-1+. The van der Waals surface area contributed by atoms with Crippen LogP contribution in [0.2, 0.25) is 0 Å². The Balaban J connectivity index is 2.85. The van der Waals surface area contributed by atoms with E-state index in [1.165, 1.54) is 0 Å². The van der Waals surface area contributed by atoms with Gasteiger partial charge in [0.05, 0.1) is 6.21 Å². The molecule has 1 aromatic rings. The zero-order valence-electron chi connectivity index (χ0n) is 6.87. The molecule has 7 heteroatoms. The zero-order valence-corrected chi connectivity index (χ0v) is 10.9. The topological polar surface area (TPSA) is 63.3 Å². The van der Waals surface area contributed by atoms with Gasteiger partial charge < -0.3 is 5.73 Å². The van der Waals surface area contributed by atoms with Gasteiger partial charge >= 0.3 is 0 Å². The van der Waals surface area contributed by atoms with Gasteiger partial charge in [-0.3, -0.25) is 10.4 Å². The van der Waals surface area contributed by atoms with Gasteiger partial charge in [-0.05, 0) is 44.1 Å². The lowest BCUT2D eigenvalue weighted by Crippen LogP contribution is -2.24. The normalized spacial score (nSPS) is 10.4. The molecule has 0 spiro atoms. The summed E-state index contributed by atoms with van der Waals surface area (Å²) in [5, 5.41) is 3.96. The Kier molecular flexibility index (Phi) is 4.43. The number of nitrogens with zero attached hydrogens (tertiary/aromatic N) is 2. The van der Waals surface area contributed by atoms with Crippen LogP contribution in [0.1, 0.15) is 5.56 Å². The van der Waals surface area contributed by atoms with Crippen LogP contribution in [0.3, 0.4) is 0 Å². The summed E-state index contributed by atoms with van der Waals surface area (Å²) in [7, 11) is 0. The first-order valence-corrected chi connectivity index (χ1v) is 5.48. The van der Waals surface area contributed by atoms with Crippen molar-refractivity contribution in [3.63, 3.8) is 0 Å². The molecule has 0 aromatic carbocycles. The second-order valence-corrected chi connectivity index (χ2v) is 4.40. The van der Waals surface area contributed by atoms with E-state index in [0.29, 0.717) is 0 Å². The summed E-state index contributed by atoms with van der Waals surface area (Å²) in [6.07, 6.45) is 4.94. The lowest BCUT2D eigenvalue weighted by molar-refractivity contribution is 1.04. The molecule has 1 heterocycles. The van der Waals surface area contributed by atoms with Crippen molar-refractivity contribution in [2.24, 2.45) is 10.8 Å². The molecule has 0 unspecified atom stereocenters. The van der Waals surface area contributed by atoms with Crippen molar-refractivity contribution in [3.05, 3.63) is 26.9 Å². The molecule has 0 radical (unpaired) electrons. The number of rotatable bonds is 2. The highest BCUT2D eigenvalue weighted by Crippen LogP contribution is 2.21. The highest BCUT2D eigenvalue weighted by molar-refractivity contribution is 9.11. The minimum Gasteiger partial charge on any atom is -0.375 e. The lowest BCUT2D eigenvalue weighted by Gasteiger charge is -2.00. The molecule has 0 fully saturated rings. The van der Waals surface area contributed by atoms with Crippen LogP contribution in [-0.2, 0) is 0 Å². The number of nitrogens with one attached hydrogen (secondary N) is 1. The van der Waals surface area contributed by atoms with Crippen LogP contribution in [0, 0.1) is 0 Å². The van der Waals surface area contributed by atoms with Crippen LogP contribution in [0.4, 0.5) is 0 Å². The molecule has 1 rings (SSSR count). The van der Waals surface area contributed by atoms with E-state index in [4.69, 9.17) is 5.73 Å². The maximum atomic E-state index is 5.20. The van der Waals surface area contributed by atoms with Gasteiger partial charge in [0.25, 0.3) is 0 Å². The third-order valence-corrected chi connectivity index (χ3v) is 2.61. The molecule has 0 aliphatic heterocycles. The number of halogens is 2. The van der Waals surface area contributed by atoms with Crippen molar-refractivity contribution in [2.45, 2.75) is 0 Å². The van der Waals surface area contributed by atoms with E-state index >= 15 is 0 Å². The van der Waals surface area contributed by atoms with Crippen LogP contribution in [0.25, 0.3) is 0 Å². The fraction of sp³-hybridized carbons (Fsp3) is 0. The number of aromatic nitrogens is 1. The average Bonchev–Trinajstić information content (AvgIpc) is 2.09. The minimum absolute atomic E-state index is 0.127. The molecular formula is C7H6Br2N4S. The van der Waals surface area contributed by atoms with Gasteiger partial charge in [-0.15, -0.1) is 0 Å². The van der Waals surface area contributed by atoms with Crippen molar-refractivity contribution in [2.75, 3.05) is 0 Å². The van der Waals surface area contributed by atoms with Gasteiger partial charge in [-0.1, -0.05) is 0 Å². The summed E-state index contributed by atoms with van der Waals surface area (Å²) in [6.45, 7) is 0. The average molecular weight is 338 g/mol. The summed E-state index contributed by atoms with van der Waals surface area (Å²) in [6, 6.07) is 0. The molecule has 0 saturated carbocycles. The quantitative estimate of drug-likeness (QED) is 0.490. The third kappa shape index (κ3) is 3.32. The monoisotopic (exact) mass is 336 g/mol. The molecule has 4 nitrogen and oxygen atoms in total. The fourth-order valence-electron chi connectivity index (χ4n) is 0.705. The van der Waals surface area contributed by atoms with Crippen LogP contribution >= 0.6 is 44.1 Å². The van der Waals surface area contributed by atoms with Crippen molar-refractivity contribution in [1.29, 1.82) is 0 Å². The van der Waals surface area contributed by atoms with Crippen molar-refractivity contribution in [3.8, 4) is 0 Å². The van der Waals surface area contributed by atoms with Crippen LogP contribution in [0.15, 0.2) is 26.4 Å². The van der Waals surface area contributed by atoms with Crippen molar-refractivity contribution < 1.29 is 0 Å². The lowest BCUT2D eigenvalue weighted by atomic mass is 10.3. The maximum Gasteiger partial charge on any atom is 0.184 e. The second-order valence-electron chi connectivity index (χ2n) is 2.25. The second kappa shape index (κ2) is 5.38. The Morgan fingerprint density at radius 3 is 2.57 bits per heavy atom. The zero-order chi connectivity index (χ0) is 10.6. The Morgan fingerprint density at radius 1 is 1.50 bits per heavy atom. The Labute approximate surface area is 103 Å². The highest BCUT2D eigenvalue weighted by Gasteiger charge is 2.01. The van der Waals surface area contributed by atoms with Gasteiger partial charge in [-0.2, -0.15) is 5.10 Å². The minimum atomic E-state index is 0.127. The molecule has 3 N–H and O–H groups in total. The SMILES string of the molecule is NC(=S)N/N=C/c1c(Br)cncc1Br. The first-order chi connectivity index (χ1) is 6.61. The molecule has 0 saturated heterocycles. The van der Waals surface area contributed by atoms with Gasteiger partial charge in [0.15, 0.2) is 5.11 Å². The van der Waals surface area contributed by atoms with Gasteiger partial charge in [-0.25, -0.2) is 0 Å². The Morgan fingerprint density at radius 2 is 2.07 bits per heavy atom. The van der Waals surface area contributed by atoms with E-state index in [1.54, 1.807) is 18.6 Å². The molecule has 0 aliphatic carbocycles. The molecule has 0 amide bonds. The molecule has 0 bridgehead atoms. The van der Waals surface area contributed by atoms with Crippen molar-refractivity contribution in [1.82, 2.24) is 10.4 Å². The molecule has 14 heavy (non-hydrogen) atoms. The fourth-order valence-corrected chi connectivity index (χ4v) is 1.89. The largest absolute Gasteiger partial charge is 0.375 e. The summed E-state index contributed by atoms with van der Waals surface area (Å²) >= 11 is 11.3. The molecule has 0 atom stereocenters. The predicted molar refractivity (Wildman–Crippen MR) is 67.2 cm³/mol. The first-order valence-electron chi connectivity index (χ1n) is 3.48. The number of nitrogens with two attached hydrogens (primary N) is 1. The van der Waals surface area contributed by atoms with Crippen LogP contribution in [0.5, 0.6) is 0 Å². The van der Waals surface area contributed by atoms with E-state index in [0.717, 1.165) is 14.5 Å². The predicted octanol–water partition coefficient (Wildman–Crippen LogP) is 1.77. The molecule has 0 aliphatic rings. The number of hydrazone groups is 1. The first kappa shape index (κ1) is 11.5. The van der Waals surface area contributed by atoms with E-state index < -0.39 is 0 Å².